The molecule has 0 fully saturated rings. The summed E-state index contributed by atoms with van der Waals surface area (Å²) >= 11 is 1.63. The number of carbonyl (C=O) groups is 2. The first kappa shape index (κ1) is 25.6. The number of nitriles is 1. The molecule has 0 bridgehead atoms. The van der Waals surface area contributed by atoms with Crippen LogP contribution in [-0.4, -0.2) is 32.4 Å². The number of nitrogens with zero attached hydrogens (tertiary/aromatic N) is 2. The number of rotatable bonds is 6. The normalized spacial score (nSPS) is 15.3. The van der Waals surface area contributed by atoms with Crippen LogP contribution in [0.5, 0.6) is 0 Å². The average Bonchev–Trinajstić information content (AvgIpc) is 2.96. The maximum Gasteiger partial charge on any atom is 0.355 e. The van der Waals surface area contributed by atoms with Gasteiger partial charge in [-0.2, -0.15) is 5.26 Å². The van der Waals surface area contributed by atoms with Crippen molar-refractivity contribution < 1.29 is 19.1 Å². The third-order valence-corrected chi connectivity index (χ3v) is 6.90. The van der Waals surface area contributed by atoms with Crippen LogP contribution in [0.4, 0.5) is 5.69 Å². The average molecular weight is 512 g/mol. The zero-order valence-electron chi connectivity index (χ0n) is 20.6. The Bertz CT molecular complexity index is 1440. The lowest BCUT2D eigenvalue weighted by Gasteiger charge is -2.36. The van der Waals surface area contributed by atoms with Gasteiger partial charge in [-0.15, -0.1) is 11.8 Å². The summed E-state index contributed by atoms with van der Waals surface area (Å²) in [4.78, 5) is 29.1. The lowest BCUT2D eigenvalue weighted by Crippen LogP contribution is -2.41. The first-order valence-electron chi connectivity index (χ1n) is 11.4. The number of benzene rings is 3. The molecule has 0 saturated heterocycles. The molecule has 7 nitrogen and oxygen atoms in total. The molecule has 0 radical (unpaired) electrons. The number of thioether (sulfide) groups is 1. The van der Waals surface area contributed by atoms with E-state index >= 15 is 0 Å². The molecular weight excluding hydrogens is 486 g/mol. The smallest absolute Gasteiger partial charge is 0.355 e. The van der Waals surface area contributed by atoms with E-state index in [1.54, 1.807) is 48.2 Å². The Hall–Kier alpha value is -4.48. The molecule has 0 amide bonds. The standard InChI is InChI=1S/C29H25N3O4S/c1-35-28(33)25-24(19-9-5-4-6-10-19)22(17-30)27(31)32(26(25)29(34)36-2)23-12-8-7-11-21(23)18-13-15-20(37-3)16-14-18/h4-16,24H,31H2,1-3H3. The number of esters is 2. The minimum atomic E-state index is -0.919. The second-order valence-corrected chi connectivity index (χ2v) is 8.96. The van der Waals surface area contributed by atoms with E-state index in [0.29, 0.717) is 11.3 Å². The molecule has 3 aromatic carbocycles. The maximum absolute atomic E-state index is 13.3. The SMILES string of the molecule is COC(=O)C1=C(C(=O)OC)N(c2ccccc2-c2ccc(SC)cc2)C(N)=C(C#N)C1c1ccccc1. The first-order chi connectivity index (χ1) is 18.0. The number of nitrogens with two attached hydrogens (primary N) is 1. The van der Waals surface area contributed by atoms with Gasteiger partial charge >= 0.3 is 11.9 Å². The van der Waals surface area contributed by atoms with Gasteiger partial charge in [0.25, 0.3) is 0 Å². The van der Waals surface area contributed by atoms with Gasteiger partial charge in [0.05, 0.1) is 43.0 Å². The van der Waals surface area contributed by atoms with Crippen molar-refractivity contribution in [2.75, 3.05) is 25.4 Å². The lowest BCUT2D eigenvalue weighted by molar-refractivity contribution is -0.139. The minimum absolute atomic E-state index is 0.0255. The Morgan fingerprint density at radius 3 is 2.14 bits per heavy atom. The van der Waals surface area contributed by atoms with E-state index < -0.39 is 17.9 Å². The van der Waals surface area contributed by atoms with Crippen molar-refractivity contribution in [2.24, 2.45) is 5.73 Å². The molecular formula is C29H25N3O4S. The molecule has 1 aliphatic heterocycles. The van der Waals surface area contributed by atoms with Crippen LogP contribution in [0, 0.1) is 11.3 Å². The fraction of sp³-hybridized carbons (Fsp3) is 0.138. The Morgan fingerprint density at radius 2 is 1.54 bits per heavy atom. The van der Waals surface area contributed by atoms with Crippen molar-refractivity contribution in [1.29, 1.82) is 5.26 Å². The molecule has 8 heteroatoms. The predicted octanol–water partition coefficient (Wildman–Crippen LogP) is 4.97. The van der Waals surface area contributed by atoms with Crippen LogP contribution in [0.2, 0.25) is 0 Å². The second kappa shape index (κ2) is 11.1. The number of methoxy groups -OCH3 is 2. The molecule has 1 heterocycles. The molecule has 0 saturated carbocycles. The van der Waals surface area contributed by atoms with Crippen LogP contribution in [-0.2, 0) is 19.1 Å². The van der Waals surface area contributed by atoms with E-state index in [1.807, 2.05) is 48.7 Å². The second-order valence-electron chi connectivity index (χ2n) is 8.08. The summed E-state index contributed by atoms with van der Waals surface area (Å²) < 4.78 is 10.2. The molecule has 1 aliphatic rings. The fourth-order valence-corrected chi connectivity index (χ4v) is 4.86. The number of para-hydroxylation sites is 1. The van der Waals surface area contributed by atoms with Crippen LogP contribution in [0.1, 0.15) is 11.5 Å². The molecule has 1 unspecified atom stereocenters. The summed E-state index contributed by atoms with van der Waals surface area (Å²) in [5.41, 5.74) is 9.39. The summed E-state index contributed by atoms with van der Waals surface area (Å²) in [6, 6.07) is 26.4. The van der Waals surface area contributed by atoms with Crippen LogP contribution in [0.15, 0.2) is 106 Å². The summed E-state index contributed by atoms with van der Waals surface area (Å²) in [5, 5.41) is 10.2. The summed E-state index contributed by atoms with van der Waals surface area (Å²) in [6.07, 6.45) is 2.00. The molecule has 0 aliphatic carbocycles. The highest BCUT2D eigenvalue weighted by Gasteiger charge is 2.43. The highest BCUT2D eigenvalue weighted by molar-refractivity contribution is 7.98. The van der Waals surface area contributed by atoms with E-state index in [2.05, 4.69) is 6.07 Å². The third kappa shape index (κ3) is 4.69. The maximum atomic E-state index is 13.3. The van der Waals surface area contributed by atoms with Gasteiger partial charge in [-0.3, -0.25) is 4.90 Å². The highest BCUT2D eigenvalue weighted by Crippen LogP contribution is 2.45. The van der Waals surface area contributed by atoms with Gasteiger partial charge in [-0.25, -0.2) is 9.59 Å². The van der Waals surface area contributed by atoms with Crippen LogP contribution in [0.3, 0.4) is 0 Å². The van der Waals surface area contributed by atoms with E-state index in [9.17, 15) is 14.9 Å². The van der Waals surface area contributed by atoms with Gasteiger partial charge in [0.15, 0.2) is 0 Å². The third-order valence-electron chi connectivity index (χ3n) is 6.16. The zero-order valence-corrected chi connectivity index (χ0v) is 21.4. The molecule has 37 heavy (non-hydrogen) atoms. The van der Waals surface area contributed by atoms with Gasteiger partial charge in [-0.1, -0.05) is 60.7 Å². The molecule has 0 spiro atoms. The van der Waals surface area contributed by atoms with E-state index in [-0.39, 0.29) is 22.7 Å². The Labute approximate surface area is 219 Å². The number of allylic oxidation sites excluding steroid dienone is 1. The van der Waals surface area contributed by atoms with Crippen molar-refractivity contribution in [2.45, 2.75) is 10.8 Å². The quantitative estimate of drug-likeness (QED) is 0.365. The van der Waals surface area contributed by atoms with Crippen molar-refractivity contribution in [3.05, 3.63) is 107 Å². The number of carbonyl (C=O) groups excluding carboxylic acids is 2. The molecule has 186 valence electrons. The number of hydrogen-bond acceptors (Lipinski definition) is 8. The molecule has 4 rings (SSSR count). The summed E-state index contributed by atoms with van der Waals surface area (Å²) in [6.45, 7) is 0. The fourth-order valence-electron chi connectivity index (χ4n) is 4.45. The minimum Gasteiger partial charge on any atom is -0.466 e. The van der Waals surface area contributed by atoms with Gasteiger partial charge in [0.2, 0.25) is 0 Å². The molecule has 1 atom stereocenters. The van der Waals surface area contributed by atoms with E-state index in [4.69, 9.17) is 15.2 Å². The van der Waals surface area contributed by atoms with Crippen molar-refractivity contribution in [1.82, 2.24) is 0 Å². The zero-order chi connectivity index (χ0) is 26.5. The summed E-state index contributed by atoms with van der Waals surface area (Å²) in [5.74, 6) is -2.44. The van der Waals surface area contributed by atoms with E-state index in [0.717, 1.165) is 16.0 Å². The lowest BCUT2D eigenvalue weighted by atomic mass is 9.80. The predicted molar refractivity (Wildman–Crippen MR) is 143 cm³/mol. The highest BCUT2D eigenvalue weighted by atomic mass is 32.2. The van der Waals surface area contributed by atoms with Crippen molar-refractivity contribution in [3.63, 3.8) is 0 Å². The van der Waals surface area contributed by atoms with Gasteiger partial charge in [0.1, 0.15) is 11.5 Å². The van der Waals surface area contributed by atoms with Gasteiger partial charge in [0, 0.05) is 10.5 Å². The van der Waals surface area contributed by atoms with Crippen LogP contribution in [0.25, 0.3) is 11.1 Å². The van der Waals surface area contributed by atoms with Gasteiger partial charge in [-0.05, 0) is 35.6 Å². The number of ether oxygens (including phenoxy) is 2. The Kier molecular flexibility index (Phi) is 7.66. The Balaban J connectivity index is 2.06. The van der Waals surface area contributed by atoms with E-state index in [1.165, 1.54) is 19.1 Å². The molecule has 3 aromatic rings. The van der Waals surface area contributed by atoms with Crippen LogP contribution >= 0.6 is 11.8 Å². The monoisotopic (exact) mass is 511 g/mol. The summed E-state index contributed by atoms with van der Waals surface area (Å²) in [7, 11) is 2.46. The topological polar surface area (TPSA) is 106 Å². The van der Waals surface area contributed by atoms with Crippen molar-refractivity contribution >= 4 is 29.4 Å². The first-order valence-corrected chi connectivity index (χ1v) is 12.6. The molecule has 0 aromatic heterocycles. The van der Waals surface area contributed by atoms with Crippen molar-refractivity contribution in [3.8, 4) is 17.2 Å². The van der Waals surface area contributed by atoms with Crippen LogP contribution < -0.4 is 10.6 Å². The number of hydrogen-bond donors (Lipinski definition) is 1. The largest absolute Gasteiger partial charge is 0.466 e. The molecule has 2 N–H and O–H groups in total. The number of anilines is 1. The Morgan fingerprint density at radius 1 is 0.919 bits per heavy atom. The van der Waals surface area contributed by atoms with Gasteiger partial charge < -0.3 is 15.2 Å².